The van der Waals surface area contributed by atoms with Crippen molar-refractivity contribution in [1.29, 1.82) is 5.26 Å². The summed E-state index contributed by atoms with van der Waals surface area (Å²) in [4.78, 5) is 28.0. The zero-order valence-electron chi connectivity index (χ0n) is 15.9. The Balaban J connectivity index is 2.36. The molecule has 0 amide bonds. The first-order valence-corrected chi connectivity index (χ1v) is 8.62. The summed E-state index contributed by atoms with van der Waals surface area (Å²) in [5.74, 6) is -0.306. The quantitative estimate of drug-likeness (QED) is 0.578. The molecule has 0 saturated heterocycles. The molecule has 2 rings (SSSR count). The van der Waals surface area contributed by atoms with E-state index in [0.717, 1.165) is 0 Å². The van der Waals surface area contributed by atoms with E-state index in [-0.39, 0.29) is 31.2 Å². The third kappa shape index (κ3) is 5.23. The number of nitrogens with zero attached hydrogens (tertiary/aromatic N) is 2. The first kappa shape index (κ1) is 20.8. The van der Waals surface area contributed by atoms with E-state index in [1.165, 1.54) is 0 Å². The molecule has 9 nitrogen and oxygen atoms in total. The molecule has 1 atom stereocenters. The molecule has 2 heterocycles. The minimum Gasteiger partial charge on any atom is -0.434 e. The number of allylic oxidation sites excluding steroid dienone is 2. The van der Waals surface area contributed by atoms with Gasteiger partial charge in [-0.25, -0.2) is 9.59 Å². The van der Waals surface area contributed by atoms with Gasteiger partial charge in [0.1, 0.15) is 24.0 Å². The molecule has 0 saturated carbocycles. The molecule has 1 aliphatic rings. The monoisotopic (exact) mass is 387 g/mol. The third-order valence-corrected chi connectivity index (χ3v) is 3.74. The summed E-state index contributed by atoms with van der Waals surface area (Å²) in [6.07, 6.45) is 1.39. The minimum atomic E-state index is -0.963. The molecule has 0 aromatic carbocycles. The molecule has 148 valence electrons. The highest BCUT2D eigenvalue weighted by Gasteiger charge is 2.35. The summed E-state index contributed by atoms with van der Waals surface area (Å²) in [7, 11) is 0. The standard InChI is InChI=1S/C19H21N3O6/c1-4-25-18(23)27-16-12(2)22-13(3)17(28-19(24)26-10-6-8-20)15(16)14-7-5-9-21-11-14/h5,7,9,11,15,22H,4,6,10H2,1-3H3. The zero-order chi connectivity index (χ0) is 20.5. The molecule has 0 bridgehead atoms. The lowest BCUT2D eigenvalue weighted by Crippen LogP contribution is -2.29. The summed E-state index contributed by atoms with van der Waals surface area (Å²) in [5, 5.41) is 11.6. The van der Waals surface area contributed by atoms with Crippen molar-refractivity contribution >= 4 is 12.3 Å². The number of pyridine rings is 1. The van der Waals surface area contributed by atoms with E-state index >= 15 is 0 Å². The van der Waals surface area contributed by atoms with Crippen molar-refractivity contribution in [3.63, 3.8) is 0 Å². The lowest BCUT2D eigenvalue weighted by Gasteiger charge is -2.30. The van der Waals surface area contributed by atoms with Gasteiger partial charge < -0.3 is 24.3 Å². The Kier molecular flexibility index (Phi) is 7.39. The smallest absolute Gasteiger partial charge is 0.434 e. The first-order chi connectivity index (χ1) is 13.5. The van der Waals surface area contributed by atoms with Gasteiger partial charge in [0.05, 0.1) is 30.5 Å². The number of aromatic nitrogens is 1. The molecule has 1 aromatic heterocycles. The number of hydrogen-bond acceptors (Lipinski definition) is 9. The number of nitrogens with one attached hydrogen (secondary N) is 1. The van der Waals surface area contributed by atoms with Crippen LogP contribution in [0.1, 0.15) is 38.7 Å². The first-order valence-electron chi connectivity index (χ1n) is 8.62. The number of rotatable bonds is 6. The largest absolute Gasteiger partial charge is 0.513 e. The van der Waals surface area contributed by atoms with E-state index in [1.54, 1.807) is 45.3 Å². The van der Waals surface area contributed by atoms with E-state index in [1.807, 2.05) is 6.07 Å². The molecule has 1 aliphatic heterocycles. The topological polar surface area (TPSA) is 120 Å². The van der Waals surface area contributed by atoms with Crippen LogP contribution in [0.15, 0.2) is 47.4 Å². The Morgan fingerprint density at radius 3 is 2.36 bits per heavy atom. The second-order valence-corrected chi connectivity index (χ2v) is 5.72. The fraction of sp³-hybridized carbons (Fsp3) is 0.368. The Morgan fingerprint density at radius 2 is 1.82 bits per heavy atom. The normalized spacial score (nSPS) is 16.0. The SMILES string of the molecule is CCOC(=O)OC1=C(C)NC(C)=C(OC(=O)OCCC#N)C1c1cccnc1. The maximum Gasteiger partial charge on any atom is 0.513 e. The van der Waals surface area contributed by atoms with Gasteiger partial charge in [-0.15, -0.1) is 0 Å². The molecule has 1 unspecified atom stereocenters. The van der Waals surface area contributed by atoms with E-state index in [4.69, 9.17) is 24.2 Å². The number of nitriles is 1. The van der Waals surface area contributed by atoms with Crippen molar-refractivity contribution in [2.75, 3.05) is 13.2 Å². The van der Waals surface area contributed by atoms with Gasteiger partial charge >= 0.3 is 12.3 Å². The van der Waals surface area contributed by atoms with E-state index < -0.39 is 18.2 Å². The minimum absolute atomic E-state index is 0.0493. The molecule has 1 aromatic rings. The fourth-order valence-electron chi connectivity index (χ4n) is 2.61. The predicted octanol–water partition coefficient (Wildman–Crippen LogP) is 3.47. The molecule has 0 spiro atoms. The fourth-order valence-corrected chi connectivity index (χ4v) is 2.61. The molecule has 1 N–H and O–H groups in total. The highest BCUT2D eigenvalue weighted by molar-refractivity contribution is 5.65. The van der Waals surface area contributed by atoms with Crippen LogP contribution in [0.4, 0.5) is 9.59 Å². The lowest BCUT2D eigenvalue weighted by molar-refractivity contribution is 0.0636. The average molecular weight is 387 g/mol. The maximum absolute atomic E-state index is 12.0. The van der Waals surface area contributed by atoms with Gasteiger partial charge in [0.25, 0.3) is 0 Å². The van der Waals surface area contributed by atoms with Crippen molar-refractivity contribution in [3.05, 3.63) is 53.0 Å². The van der Waals surface area contributed by atoms with Gasteiger partial charge in [-0.2, -0.15) is 5.26 Å². The van der Waals surface area contributed by atoms with Crippen LogP contribution in [-0.4, -0.2) is 30.5 Å². The maximum atomic E-state index is 12.0. The summed E-state index contributed by atoms with van der Waals surface area (Å²) in [6, 6.07) is 5.35. The van der Waals surface area contributed by atoms with Crippen molar-refractivity contribution in [1.82, 2.24) is 10.3 Å². The molecular weight excluding hydrogens is 366 g/mol. The van der Waals surface area contributed by atoms with Crippen molar-refractivity contribution in [3.8, 4) is 6.07 Å². The molecule has 28 heavy (non-hydrogen) atoms. The van der Waals surface area contributed by atoms with Gasteiger partial charge in [-0.1, -0.05) is 6.07 Å². The second kappa shape index (κ2) is 9.97. The Morgan fingerprint density at radius 1 is 1.18 bits per heavy atom. The number of carbonyl (C=O) groups is 2. The van der Waals surface area contributed by atoms with Crippen LogP contribution < -0.4 is 5.32 Å². The van der Waals surface area contributed by atoms with Crippen LogP contribution in [-0.2, 0) is 18.9 Å². The summed E-state index contributed by atoms with van der Waals surface area (Å²) in [6.45, 7) is 5.17. The molecule has 9 heteroatoms. The van der Waals surface area contributed by atoms with Crippen LogP contribution in [0.5, 0.6) is 0 Å². The Hall–Kier alpha value is -3.54. The van der Waals surface area contributed by atoms with Gasteiger partial charge in [-0.3, -0.25) is 4.98 Å². The number of carbonyl (C=O) groups excluding carboxylic acids is 2. The predicted molar refractivity (Wildman–Crippen MR) is 96.3 cm³/mol. The molecule has 0 aliphatic carbocycles. The average Bonchev–Trinajstić information content (AvgIpc) is 2.67. The highest BCUT2D eigenvalue weighted by Crippen LogP contribution is 2.39. The zero-order valence-corrected chi connectivity index (χ0v) is 15.9. The summed E-state index contributed by atoms with van der Waals surface area (Å²) < 4.78 is 20.5. The number of ether oxygens (including phenoxy) is 4. The van der Waals surface area contributed by atoms with Crippen molar-refractivity contribution < 1.29 is 28.5 Å². The lowest BCUT2D eigenvalue weighted by atomic mass is 9.91. The molecule has 0 radical (unpaired) electrons. The molecule has 0 fully saturated rings. The number of dihydropyridines is 1. The summed E-state index contributed by atoms with van der Waals surface area (Å²) >= 11 is 0. The van der Waals surface area contributed by atoms with E-state index in [2.05, 4.69) is 10.3 Å². The van der Waals surface area contributed by atoms with Crippen LogP contribution in [0, 0.1) is 11.3 Å². The van der Waals surface area contributed by atoms with Crippen LogP contribution >= 0.6 is 0 Å². The third-order valence-electron chi connectivity index (χ3n) is 3.74. The Bertz CT molecular complexity index is 826. The van der Waals surface area contributed by atoms with Crippen LogP contribution in [0.25, 0.3) is 0 Å². The van der Waals surface area contributed by atoms with E-state index in [0.29, 0.717) is 17.0 Å². The van der Waals surface area contributed by atoms with Crippen molar-refractivity contribution in [2.24, 2.45) is 0 Å². The second-order valence-electron chi connectivity index (χ2n) is 5.72. The Labute approximate surface area is 162 Å². The van der Waals surface area contributed by atoms with Gasteiger partial charge in [-0.05, 0) is 32.4 Å². The number of hydrogen-bond donors (Lipinski definition) is 1. The van der Waals surface area contributed by atoms with Gasteiger partial charge in [0.15, 0.2) is 0 Å². The van der Waals surface area contributed by atoms with Crippen LogP contribution in [0.3, 0.4) is 0 Å². The van der Waals surface area contributed by atoms with Crippen molar-refractivity contribution in [2.45, 2.75) is 33.1 Å². The van der Waals surface area contributed by atoms with Gasteiger partial charge in [0, 0.05) is 12.4 Å². The van der Waals surface area contributed by atoms with Crippen LogP contribution in [0.2, 0.25) is 0 Å². The van der Waals surface area contributed by atoms with Gasteiger partial charge in [0.2, 0.25) is 0 Å². The van der Waals surface area contributed by atoms with E-state index in [9.17, 15) is 9.59 Å². The summed E-state index contributed by atoms with van der Waals surface area (Å²) in [5.41, 5.74) is 1.74. The highest BCUT2D eigenvalue weighted by atomic mass is 16.7. The molecular formula is C19H21N3O6.